The molecule has 3 heteroatoms. The van der Waals surface area contributed by atoms with Gasteiger partial charge in [0.15, 0.2) is 0 Å². The highest BCUT2D eigenvalue weighted by atomic mass is 16.3. The van der Waals surface area contributed by atoms with Gasteiger partial charge in [-0.3, -0.25) is 4.90 Å². The fraction of sp³-hybridized carbons (Fsp3) is 0.529. The van der Waals surface area contributed by atoms with E-state index in [1.807, 2.05) is 6.07 Å². The smallest absolute Gasteiger partial charge is 0.134 e. The van der Waals surface area contributed by atoms with Crippen LogP contribution in [0.2, 0.25) is 0 Å². The molecule has 0 aliphatic carbocycles. The van der Waals surface area contributed by atoms with Crippen molar-refractivity contribution in [3.63, 3.8) is 0 Å². The summed E-state index contributed by atoms with van der Waals surface area (Å²) in [4.78, 5) is 2.31. The van der Waals surface area contributed by atoms with Crippen LogP contribution in [0.4, 0.5) is 0 Å². The van der Waals surface area contributed by atoms with Crippen molar-refractivity contribution in [2.75, 3.05) is 13.6 Å². The van der Waals surface area contributed by atoms with Crippen LogP contribution in [0.25, 0.3) is 11.0 Å². The van der Waals surface area contributed by atoms with Gasteiger partial charge in [0.25, 0.3) is 0 Å². The van der Waals surface area contributed by atoms with Crippen molar-refractivity contribution in [2.45, 2.75) is 46.3 Å². The monoisotopic (exact) mass is 274 g/mol. The van der Waals surface area contributed by atoms with E-state index in [2.05, 4.69) is 56.2 Å². The molecule has 20 heavy (non-hydrogen) atoms. The Labute approximate surface area is 122 Å². The Morgan fingerprint density at radius 1 is 1.25 bits per heavy atom. The summed E-state index contributed by atoms with van der Waals surface area (Å²) in [5.41, 5.74) is 2.30. The molecule has 0 saturated heterocycles. The van der Waals surface area contributed by atoms with Gasteiger partial charge < -0.3 is 9.73 Å². The Morgan fingerprint density at radius 2 is 2.00 bits per heavy atom. The molecule has 0 amide bonds. The van der Waals surface area contributed by atoms with E-state index in [1.54, 1.807) is 0 Å². The lowest BCUT2D eigenvalue weighted by Gasteiger charge is -2.20. The zero-order valence-corrected chi connectivity index (χ0v) is 13.1. The number of nitrogens with zero attached hydrogens (tertiary/aromatic N) is 1. The first-order valence-corrected chi connectivity index (χ1v) is 7.53. The highest BCUT2D eigenvalue weighted by molar-refractivity contribution is 5.82. The van der Waals surface area contributed by atoms with Crippen molar-refractivity contribution in [1.29, 1.82) is 0 Å². The van der Waals surface area contributed by atoms with Crippen molar-refractivity contribution in [2.24, 2.45) is 0 Å². The van der Waals surface area contributed by atoms with E-state index in [0.29, 0.717) is 6.04 Å². The Kier molecular flexibility index (Phi) is 5.21. The third-order valence-corrected chi connectivity index (χ3v) is 3.79. The predicted octanol–water partition coefficient (Wildman–Crippen LogP) is 3.77. The third-order valence-electron chi connectivity index (χ3n) is 3.79. The second-order valence-corrected chi connectivity index (χ2v) is 5.69. The summed E-state index contributed by atoms with van der Waals surface area (Å²) in [7, 11) is 2.14. The molecule has 0 bridgehead atoms. The van der Waals surface area contributed by atoms with Gasteiger partial charge in [0.1, 0.15) is 11.3 Å². The van der Waals surface area contributed by atoms with Crippen LogP contribution in [0.1, 0.15) is 38.5 Å². The van der Waals surface area contributed by atoms with E-state index in [0.717, 1.165) is 37.4 Å². The molecule has 0 unspecified atom stereocenters. The summed E-state index contributed by atoms with van der Waals surface area (Å²) in [6.07, 6.45) is 1.15. The van der Waals surface area contributed by atoms with Crippen molar-refractivity contribution in [3.05, 3.63) is 35.6 Å². The van der Waals surface area contributed by atoms with Crippen LogP contribution in [0.3, 0.4) is 0 Å². The lowest BCUT2D eigenvalue weighted by molar-refractivity contribution is 0.245. The van der Waals surface area contributed by atoms with Gasteiger partial charge in [-0.05, 0) is 39.9 Å². The molecule has 0 saturated carbocycles. The number of para-hydroxylation sites is 1. The first-order chi connectivity index (χ1) is 9.63. The average molecular weight is 274 g/mol. The maximum Gasteiger partial charge on any atom is 0.134 e. The second kappa shape index (κ2) is 6.91. The minimum absolute atomic E-state index is 0.514. The van der Waals surface area contributed by atoms with Crippen LogP contribution < -0.4 is 5.32 Å². The predicted molar refractivity (Wildman–Crippen MR) is 84.8 cm³/mol. The molecular formula is C17H26N2O. The number of hydrogen-bond donors (Lipinski definition) is 1. The Hall–Kier alpha value is -1.32. The lowest BCUT2D eigenvalue weighted by Crippen LogP contribution is -2.26. The van der Waals surface area contributed by atoms with Crippen molar-refractivity contribution in [1.82, 2.24) is 10.2 Å². The van der Waals surface area contributed by atoms with Crippen molar-refractivity contribution < 1.29 is 4.42 Å². The van der Waals surface area contributed by atoms with E-state index >= 15 is 0 Å². The standard InChI is InChI=1S/C17H26N2O/c1-5-10-18-11-15-14-8-6-7-9-16(14)20-17(15)12-19(4)13(2)3/h6-9,13,18H,5,10-12H2,1-4H3. The molecular weight excluding hydrogens is 248 g/mol. The van der Waals surface area contributed by atoms with E-state index in [1.165, 1.54) is 10.9 Å². The molecule has 0 atom stereocenters. The van der Waals surface area contributed by atoms with Gasteiger partial charge in [-0.1, -0.05) is 25.1 Å². The molecule has 0 spiro atoms. The topological polar surface area (TPSA) is 28.4 Å². The number of hydrogen-bond acceptors (Lipinski definition) is 3. The number of fused-ring (bicyclic) bond motifs is 1. The molecule has 0 aliphatic rings. The fourth-order valence-electron chi connectivity index (χ4n) is 2.27. The van der Waals surface area contributed by atoms with Crippen molar-refractivity contribution >= 4 is 11.0 Å². The molecule has 3 nitrogen and oxygen atoms in total. The molecule has 2 rings (SSSR count). The van der Waals surface area contributed by atoms with Gasteiger partial charge >= 0.3 is 0 Å². The van der Waals surface area contributed by atoms with Crippen molar-refractivity contribution in [3.8, 4) is 0 Å². The molecule has 0 fully saturated rings. The van der Waals surface area contributed by atoms with Gasteiger partial charge in [0, 0.05) is 23.5 Å². The number of nitrogens with one attached hydrogen (secondary N) is 1. The fourth-order valence-corrected chi connectivity index (χ4v) is 2.27. The highest BCUT2D eigenvalue weighted by Gasteiger charge is 2.16. The largest absolute Gasteiger partial charge is 0.459 e. The molecule has 0 aliphatic heterocycles. The molecule has 110 valence electrons. The minimum Gasteiger partial charge on any atom is -0.459 e. The Morgan fingerprint density at radius 3 is 2.70 bits per heavy atom. The summed E-state index contributed by atoms with van der Waals surface area (Å²) in [6.45, 7) is 9.38. The van der Waals surface area contributed by atoms with Crippen LogP contribution >= 0.6 is 0 Å². The Bertz CT molecular complexity index is 545. The summed E-state index contributed by atoms with van der Waals surface area (Å²) < 4.78 is 6.07. The quantitative estimate of drug-likeness (QED) is 0.779. The molecule has 0 radical (unpaired) electrons. The summed E-state index contributed by atoms with van der Waals surface area (Å²) in [5.74, 6) is 1.09. The average Bonchev–Trinajstić information content (AvgIpc) is 2.77. The van der Waals surface area contributed by atoms with E-state index in [4.69, 9.17) is 4.42 Å². The van der Waals surface area contributed by atoms with Gasteiger partial charge in [0.2, 0.25) is 0 Å². The maximum atomic E-state index is 6.07. The SMILES string of the molecule is CCCNCc1c(CN(C)C(C)C)oc2ccccc12. The summed E-state index contributed by atoms with van der Waals surface area (Å²) in [5, 5.41) is 4.73. The van der Waals surface area contributed by atoms with E-state index in [-0.39, 0.29) is 0 Å². The normalized spacial score (nSPS) is 11.9. The molecule has 1 aromatic carbocycles. The van der Waals surface area contributed by atoms with E-state index in [9.17, 15) is 0 Å². The van der Waals surface area contributed by atoms with Crippen LogP contribution in [-0.2, 0) is 13.1 Å². The minimum atomic E-state index is 0.514. The second-order valence-electron chi connectivity index (χ2n) is 5.69. The molecule has 1 N–H and O–H groups in total. The van der Waals surface area contributed by atoms with Crippen LogP contribution in [-0.4, -0.2) is 24.5 Å². The number of rotatable bonds is 7. The van der Waals surface area contributed by atoms with Gasteiger partial charge in [-0.2, -0.15) is 0 Å². The first-order valence-electron chi connectivity index (χ1n) is 7.53. The highest BCUT2D eigenvalue weighted by Crippen LogP contribution is 2.27. The maximum absolute atomic E-state index is 6.07. The van der Waals surface area contributed by atoms with Gasteiger partial charge in [-0.15, -0.1) is 0 Å². The van der Waals surface area contributed by atoms with Crippen LogP contribution in [0.15, 0.2) is 28.7 Å². The molecule has 1 heterocycles. The third kappa shape index (κ3) is 3.41. The number of furan rings is 1. The summed E-state index contributed by atoms with van der Waals surface area (Å²) >= 11 is 0. The van der Waals surface area contributed by atoms with Gasteiger partial charge in [0.05, 0.1) is 6.54 Å². The van der Waals surface area contributed by atoms with E-state index < -0.39 is 0 Å². The Balaban J connectivity index is 2.28. The number of benzene rings is 1. The first kappa shape index (κ1) is 15.1. The summed E-state index contributed by atoms with van der Waals surface area (Å²) in [6, 6.07) is 8.83. The van der Waals surface area contributed by atoms with Crippen LogP contribution in [0, 0.1) is 0 Å². The molecule has 1 aromatic heterocycles. The van der Waals surface area contributed by atoms with Gasteiger partial charge in [-0.25, -0.2) is 0 Å². The zero-order valence-electron chi connectivity index (χ0n) is 13.1. The molecule has 2 aromatic rings. The zero-order chi connectivity index (χ0) is 14.5. The van der Waals surface area contributed by atoms with Crippen LogP contribution in [0.5, 0.6) is 0 Å². The lowest BCUT2D eigenvalue weighted by atomic mass is 10.1.